The van der Waals surface area contributed by atoms with Gasteiger partial charge in [-0.3, -0.25) is 5.32 Å². The van der Waals surface area contributed by atoms with Crippen LogP contribution in [0.1, 0.15) is 16.1 Å². The number of carbonyl (C=O) groups is 2. The number of hydrogen-bond acceptors (Lipinski definition) is 4. The summed E-state index contributed by atoms with van der Waals surface area (Å²) in [6, 6.07) is 12.6. The summed E-state index contributed by atoms with van der Waals surface area (Å²) in [6.07, 6.45) is 2.38. The maximum atomic E-state index is 11.9. The molecule has 2 heterocycles. The quantitative estimate of drug-likeness (QED) is 0.773. The molecule has 7 nitrogen and oxygen atoms in total. The van der Waals surface area contributed by atoms with E-state index in [1.54, 1.807) is 18.3 Å². The number of ether oxygens (including phenoxy) is 1. The third-order valence-electron chi connectivity index (χ3n) is 3.15. The van der Waals surface area contributed by atoms with Crippen molar-refractivity contribution >= 4 is 23.4 Å². The monoisotopic (exact) mass is 311 g/mol. The third-order valence-corrected chi connectivity index (χ3v) is 3.15. The van der Waals surface area contributed by atoms with Crippen molar-refractivity contribution in [3.63, 3.8) is 0 Å². The summed E-state index contributed by atoms with van der Waals surface area (Å²) < 4.78 is 6.66. The standard InChI is InChI=1S/C16H13N3O4/c20-15(21)13-9-19-8-4-7-12(14(19)17-13)18-16(22)23-10-11-5-2-1-3-6-11/h1-9H,10H2,(H,18,22)(H,20,21). The van der Waals surface area contributed by atoms with Gasteiger partial charge in [-0.05, 0) is 17.7 Å². The van der Waals surface area contributed by atoms with Crippen LogP contribution in [-0.4, -0.2) is 26.6 Å². The molecule has 3 aromatic rings. The fraction of sp³-hybridized carbons (Fsp3) is 0.0625. The lowest BCUT2D eigenvalue weighted by atomic mass is 10.2. The van der Waals surface area contributed by atoms with Gasteiger partial charge in [0, 0.05) is 12.4 Å². The smallest absolute Gasteiger partial charge is 0.412 e. The van der Waals surface area contributed by atoms with E-state index in [2.05, 4.69) is 10.3 Å². The van der Waals surface area contributed by atoms with Crippen molar-refractivity contribution in [2.75, 3.05) is 5.32 Å². The van der Waals surface area contributed by atoms with Gasteiger partial charge in [-0.2, -0.15) is 0 Å². The Hall–Kier alpha value is -3.35. The van der Waals surface area contributed by atoms with Crippen LogP contribution >= 0.6 is 0 Å². The number of carbonyl (C=O) groups excluding carboxylic acids is 1. The van der Waals surface area contributed by atoms with E-state index in [9.17, 15) is 9.59 Å². The van der Waals surface area contributed by atoms with E-state index in [1.165, 1.54) is 10.6 Å². The average molecular weight is 311 g/mol. The molecule has 0 atom stereocenters. The predicted octanol–water partition coefficient (Wildman–Crippen LogP) is 2.78. The van der Waals surface area contributed by atoms with Crippen LogP contribution in [0.25, 0.3) is 5.65 Å². The molecule has 0 saturated heterocycles. The van der Waals surface area contributed by atoms with Crippen LogP contribution in [0.5, 0.6) is 0 Å². The van der Waals surface area contributed by atoms with Crippen LogP contribution in [0.15, 0.2) is 54.9 Å². The summed E-state index contributed by atoms with van der Waals surface area (Å²) in [5.41, 5.74) is 1.48. The number of amides is 1. The molecule has 2 N–H and O–H groups in total. The summed E-state index contributed by atoms with van der Waals surface area (Å²) in [6.45, 7) is 0.143. The van der Waals surface area contributed by atoms with Crippen LogP contribution in [0.3, 0.4) is 0 Å². The summed E-state index contributed by atoms with van der Waals surface area (Å²) in [7, 11) is 0. The molecule has 2 aromatic heterocycles. The van der Waals surface area contributed by atoms with Crippen molar-refractivity contribution in [2.24, 2.45) is 0 Å². The number of imidazole rings is 1. The Bertz CT molecular complexity index is 858. The number of benzene rings is 1. The first-order chi connectivity index (χ1) is 11.1. The Morgan fingerprint density at radius 2 is 1.96 bits per heavy atom. The number of carboxylic acids is 1. The van der Waals surface area contributed by atoms with Crippen LogP contribution in [0, 0.1) is 0 Å². The first-order valence-electron chi connectivity index (χ1n) is 6.82. The van der Waals surface area contributed by atoms with Crippen LogP contribution < -0.4 is 5.32 Å². The van der Waals surface area contributed by atoms with Gasteiger partial charge in [0.2, 0.25) is 0 Å². The fourth-order valence-corrected chi connectivity index (χ4v) is 2.08. The molecule has 3 rings (SSSR count). The highest BCUT2D eigenvalue weighted by atomic mass is 16.5. The topological polar surface area (TPSA) is 92.9 Å². The van der Waals surface area contributed by atoms with Gasteiger partial charge in [-0.25, -0.2) is 14.6 Å². The fourth-order valence-electron chi connectivity index (χ4n) is 2.08. The van der Waals surface area contributed by atoms with Crippen LogP contribution in [0.4, 0.5) is 10.5 Å². The number of anilines is 1. The zero-order valence-corrected chi connectivity index (χ0v) is 12.0. The number of aromatic carboxylic acids is 1. The maximum absolute atomic E-state index is 11.9. The van der Waals surface area contributed by atoms with E-state index < -0.39 is 12.1 Å². The summed E-state index contributed by atoms with van der Waals surface area (Å²) in [5.74, 6) is -1.13. The largest absolute Gasteiger partial charge is 0.476 e. The molecule has 116 valence electrons. The molecule has 0 bridgehead atoms. The van der Waals surface area contributed by atoms with Gasteiger partial charge in [0.05, 0.1) is 5.69 Å². The van der Waals surface area contributed by atoms with Crippen molar-refractivity contribution < 1.29 is 19.4 Å². The normalized spacial score (nSPS) is 10.4. The lowest BCUT2D eigenvalue weighted by molar-refractivity contribution is 0.0691. The zero-order valence-electron chi connectivity index (χ0n) is 12.0. The number of pyridine rings is 1. The highest BCUT2D eigenvalue weighted by Crippen LogP contribution is 2.17. The van der Waals surface area contributed by atoms with Gasteiger partial charge < -0.3 is 14.2 Å². The SMILES string of the molecule is O=C(Nc1cccn2cc(C(=O)O)nc12)OCc1ccccc1. The molecule has 0 spiro atoms. The molecular weight excluding hydrogens is 298 g/mol. The molecule has 0 aliphatic rings. The highest BCUT2D eigenvalue weighted by Gasteiger charge is 2.13. The van der Waals surface area contributed by atoms with E-state index in [0.29, 0.717) is 11.3 Å². The van der Waals surface area contributed by atoms with Gasteiger partial charge in [0.25, 0.3) is 0 Å². The minimum Gasteiger partial charge on any atom is -0.476 e. The van der Waals surface area contributed by atoms with Crippen molar-refractivity contribution in [2.45, 2.75) is 6.61 Å². The molecular formula is C16H13N3O4. The number of rotatable bonds is 4. The Morgan fingerprint density at radius 3 is 2.70 bits per heavy atom. The molecule has 1 amide bonds. The number of fused-ring (bicyclic) bond motifs is 1. The van der Waals surface area contributed by atoms with Crippen molar-refractivity contribution in [3.8, 4) is 0 Å². The van der Waals surface area contributed by atoms with Crippen molar-refractivity contribution in [1.82, 2.24) is 9.38 Å². The van der Waals surface area contributed by atoms with E-state index in [1.807, 2.05) is 30.3 Å². The second kappa shape index (κ2) is 6.18. The van der Waals surface area contributed by atoms with Gasteiger partial charge in [0.15, 0.2) is 11.3 Å². The van der Waals surface area contributed by atoms with E-state index in [4.69, 9.17) is 9.84 Å². The lowest BCUT2D eigenvalue weighted by Gasteiger charge is -2.07. The Balaban J connectivity index is 1.73. The Morgan fingerprint density at radius 1 is 1.17 bits per heavy atom. The first-order valence-corrected chi connectivity index (χ1v) is 6.82. The average Bonchev–Trinajstić information content (AvgIpc) is 3.00. The number of hydrogen-bond donors (Lipinski definition) is 2. The van der Waals surface area contributed by atoms with Crippen molar-refractivity contribution in [1.29, 1.82) is 0 Å². The van der Waals surface area contributed by atoms with Gasteiger partial charge in [-0.1, -0.05) is 30.3 Å². The highest BCUT2D eigenvalue weighted by molar-refractivity contribution is 5.91. The first kappa shape index (κ1) is 14.6. The molecule has 0 unspecified atom stereocenters. The second-order valence-electron chi connectivity index (χ2n) is 4.77. The van der Waals surface area contributed by atoms with E-state index in [0.717, 1.165) is 5.56 Å². The number of aromatic nitrogens is 2. The van der Waals surface area contributed by atoms with E-state index in [-0.39, 0.29) is 12.3 Å². The third kappa shape index (κ3) is 3.29. The van der Waals surface area contributed by atoms with Crippen LogP contribution in [0.2, 0.25) is 0 Å². The van der Waals surface area contributed by atoms with Gasteiger partial charge >= 0.3 is 12.1 Å². The lowest BCUT2D eigenvalue weighted by Crippen LogP contribution is -2.14. The molecule has 0 radical (unpaired) electrons. The second-order valence-corrected chi connectivity index (χ2v) is 4.77. The van der Waals surface area contributed by atoms with Gasteiger partial charge in [0.1, 0.15) is 6.61 Å². The molecule has 1 aromatic carbocycles. The Kier molecular flexibility index (Phi) is 3.92. The zero-order chi connectivity index (χ0) is 16.2. The predicted molar refractivity (Wildman–Crippen MR) is 82.4 cm³/mol. The number of nitrogens with zero attached hydrogens (tertiary/aromatic N) is 2. The summed E-state index contributed by atoms with van der Waals surface area (Å²) in [5, 5.41) is 11.6. The Labute approximate surface area is 131 Å². The number of carboxylic acid groups (broad SMARTS) is 1. The summed E-state index contributed by atoms with van der Waals surface area (Å²) >= 11 is 0. The molecule has 23 heavy (non-hydrogen) atoms. The minimum atomic E-state index is -1.13. The van der Waals surface area contributed by atoms with Crippen LogP contribution in [-0.2, 0) is 11.3 Å². The number of nitrogens with one attached hydrogen (secondary N) is 1. The van der Waals surface area contributed by atoms with E-state index >= 15 is 0 Å². The molecule has 0 aliphatic carbocycles. The minimum absolute atomic E-state index is 0.100. The molecule has 0 aliphatic heterocycles. The van der Waals surface area contributed by atoms with Crippen molar-refractivity contribution in [3.05, 3.63) is 66.1 Å². The molecule has 7 heteroatoms. The van der Waals surface area contributed by atoms with Gasteiger partial charge in [-0.15, -0.1) is 0 Å². The summed E-state index contributed by atoms with van der Waals surface area (Å²) in [4.78, 5) is 26.8. The molecule has 0 saturated carbocycles. The maximum Gasteiger partial charge on any atom is 0.412 e. The molecule has 0 fully saturated rings.